The second kappa shape index (κ2) is 5.87. The lowest BCUT2D eigenvalue weighted by Crippen LogP contribution is -2.05. The summed E-state index contributed by atoms with van der Waals surface area (Å²) >= 11 is 0. The van der Waals surface area contributed by atoms with Crippen molar-refractivity contribution in [1.82, 2.24) is 0 Å². The predicted octanol–water partition coefficient (Wildman–Crippen LogP) is 3.19. The third kappa shape index (κ3) is 2.83. The molecule has 0 heterocycles. The summed E-state index contributed by atoms with van der Waals surface area (Å²) in [6.45, 7) is 3.90. The van der Waals surface area contributed by atoms with E-state index in [2.05, 4.69) is 6.58 Å². The van der Waals surface area contributed by atoms with E-state index in [4.69, 9.17) is 4.74 Å². The van der Waals surface area contributed by atoms with Crippen LogP contribution >= 0.6 is 0 Å². The summed E-state index contributed by atoms with van der Waals surface area (Å²) < 4.78 is 5.45. The number of hydrogen-bond donors (Lipinski definition) is 1. The smallest absolute Gasteiger partial charge is 0.200 e. The van der Waals surface area contributed by atoms with Crippen LogP contribution in [0.15, 0.2) is 61.2 Å². The summed E-state index contributed by atoms with van der Waals surface area (Å²) in [6, 6.07) is 13.4. The SMILES string of the molecule is C=CCOc1ccccc1C(=O)c1ccccc1O. The molecule has 2 aromatic rings. The van der Waals surface area contributed by atoms with Gasteiger partial charge in [0, 0.05) is 0 Å². The van der Waals surface area contributed by atoms with Gasteiger partial charge in [0.05, 0.1) is 11.1 Å². The summed E-state index contributed by atoms with van der Waals surface area (Å²) in [7, 11) is 0. The second-order valence-corrected chi connectivity index (χ2v) is 3.94. The molecule has 2 aromatic carbocycles. The number of carbonyl (C=O) groups is 1. The van der Waals surface area contributed by atoms with E-state index in [1.165, 1.54) is 6.07 Å². The number of phenols is 1. The van der Waals surface area contributed by atoms with Crippen molar-refractivity contribution >= 4 is 5.78 Å². The number of rotatable bonds is 5. The minimum absolute atomic E-state index is 0.0361. The van der Waals surface area contributed by atoms with Crippen LogP contribution in [0.4, 0.5) is 0 Å². The van der Waals surface area contributed by atoms with Crippen LogP contribution in [0.5, 0.6) is 11.5 Å². The molecule has 3 heteroatoms. The first-order chi connectivity index (χ1) is 9.24. The molecular weight excluding hydrogens is 240 g/mol. The lowest BCUT2D eigenvalue weighted by molar-refractivity contribution is 0.103. The van der Waals surface area contributed by atoms with Gasteiger partial charge in [-0.15, -0.1) is 0 Å². The lowest BCUT2D eigenvalue weighted by Gasteiger charge is -2.09. The minimum Gasteiger partial charge on any atom is -0.507 e. The van der Waals surface area contributed by atoms with Crippen molar-refractivity contribution in [1.29, 1.82) is 0 Å². The first-order valence-electron chi connectivity index (χ1n) is 5.89. The quantitative estimate of drug-likeness (QED) is 0.658. The third-order valence-electron chi connectivity index (χ3n) is 2.64. The normalized spacial score (nSPS) is 9.89. The lowest BCUT2D eigenvalue weighted by atomic mass is 10.0. The molecule has 0 radical (unpaired) electrons. The second-order valence-electron chi connectivity index (χ2n) is 3.94. The van der Waals surface area contributed by atoms with Crippen LogP contribution in [-0.2, 0) is 0 Å². The summed E-state index contributed by atoms with van der Waals surface area (Å²) in [6.07, 6.45) is 1.61. The maximum Gasteiger partial charge on any atom is 0.200 e. The Balaban J connectivity index is 2.39. The van der Waals surface area contributed by atoms with Gasteiger partial charge >= 0.3 is 0 Å². The average Bonchev–Trinajstić information content (AvgIpc) is 2.45. The molecule has 3 nitrogen and oxygen atoms in total. The topological polar surface area (TPSA) is 46.5 Å². The van der Waals surface area contributed by atoms with E-state index < -0.39 is 0 Å². The van der Waals surface area contributed by atoms with Gasteiger partial charge in [0.2, 0.25) is 0 Å². The number of ether oxygens (including phenoxy) is 1. The summed E-state index contributed by atoms with van der Waals surface area (Å²) in [5, 5.41) is 9.73. The summed E-state index contributed by atoms with van der Waals surface area (Å²) in [5.74, 6) is 0.180. The van der Waals surface area contributed by atoms with Crippen LogP contribution in [-0.4, -0.2) is 17.5 Å². The van der Waals surface area contributed by atoms with Crippen molar-refractivity contribution in [2.45, 2.75) is 0 Å². The van der Waals surface area contributed by atoms with Crippen LogP contribution < -0.4 is 4.74 Å². The third-order valence-corrected chi connectivity index (χ3v) is 2.64. The highest BCUT2D eigenvalue weighted by atomic mass is 16.5. The number of hydrogen-bond acceptors (Lipinski definition) is 3. The molecule has 0 spiro atoms. The number of aromatic hydroxyl groups is 1. The fraction of sp³-hybridized carbons (Fsp3) is 0.0625. The molecule has 0 aliphatic carbocycles. The number of phenolic OH excluding ortho intramolecular Hbond substituents is 1. The van der Waals surface area contributed by atoms with Gasteiger partial charge in [-0.2, -0.15) is 0 Å². The molecule has 0 saturated carbocycles. The van der Waals surface area contributed by atoms with E-state index in [1.807, 2.05) is 0 Å². The van der Waals surface area contributed by atoms with Crippen molar-refractivity contribution in [2.75, 3.05) is 6.61 Å². The van der Waals surface area contributed by atoms with E-state index in [0.717, 1.165) is 0 Å². The van der Waals surface area contributed by atoms with Crippen LogP contribution in [0.25, 0.3) is 0 Å². The Morgan fingerprint density at radius 3 is 2.42 bits per heavy atom. The van der Waals surface area contributed by atoms with E-state index >= 15 is 0 Å². The van der Waals surface area contributed by atoms with E-state index in [0.29, 0.717) is 17.9 Å². The minimum atomic E-state index is -0.266. The van der Waals surface area contributed by atoms with Crippen molar-refractivity contribution in [3.05, 3.63) is 72.3 Å². The highest BCUT2D eigenvalue weighted by molar-refractivity contribution is 6.12. The number of benzene rings is 2. The van der Waals surface area contributed by atoms with Crippen molar-refractivity contribution in [2.24, 2.45) is 0 Å². The van der Waals surface area contributed by atoms with Gasteiger partial charge in [0.15, 0.2) is 5.78 Å². The van der Waals surface area contributed by atoms with Gasteiger partial charge in [-0.3, -0.25) is 4.79 Å². The molecule has 0 aliphatic rings. The zero-order valence-electron chi connectivity index (χ0n) is 10.4. The molecule has 0 bridgehead atoms. The van der Waals surface area contributed by atoms with Crippen LogP contribution in [0.3, 0.4) is 0 Å². The molecule has 2 rings (SSSR count). The van der Waals surface area contributed by atoms with Gasteiger partial charge in [-0.25, -0.2) is 0 Å². The van der Waals surface area contributed by atoms with Gasteiger partial charge in [-0.1, -0.05) is 36.9 Å². The number of para-hydroxylation sites is 2. The molecule has 0 atom stereocenters. The fourth-order valence-electron chi connectivity index (χ4n) is 1.74. The molecule has 0 fully saturated rings. The van der Waals surface area contributed by atoms with Crippen LogP contribution in [0.1, 0.15) is 15.9 Å². The Morgan fingerprint density at radius 1 is 1.11 bits per heavy atom. The largest absolute Gasteiger partial charge is 0.507 e. The first kappa shape index (κ1) is 12.9. The zero-order valence-corrected chi connectivity index (χ0v) is 10.4. The molecule has 96 valence electrons. The Labute approximate surface area is 111 Å². The molecule has 0 aliphatic heterocycles. The van der Waals surface area contributed by atoms with Crippen LogP contribution in [0.2, 0.25) is 0 Å². The maximum absolute atomic E-state index is 12.4. The predicted molar refractivity (Wildman–Crippen MR) is 73.7 cm³/mol. The van der Waals surface area contributed by atoms with Gasteiger partial charge < -0.3 is 9.84 Å². The first-order valence-corrected chi connectivity index (χ1v) is 5.89. The van der Waals surface area contributed by atoms with Crippen LogP contribution in [0, 0.1) is 0 Å². The molecular formula is C16H14O3. The molecule has 1 N–H and O–H groups in total. The summed E-state index contributed by atoms with van der Waals surface area (Å²) in [4.78, 5) is 12.4. The van der Waals surface area contributed by atoms with Crippen molar-refractivity contribution in [3.63, 3.8) is 0 Å². The highest BCUT2D eigenvalue weighted by Crippen LogP contribution is 2.25. The molecule has 0 saturated heterocycles. The molecule has 19 heavy (non-hydrogen) atoms. The highest BCUT2D eigenvalue weighted by Gasteiger charge is 2.16. The Bertz CT molecular complexity index is 602. The fourth-order valence-corrected chi connectivity index (χ4v) is 1.74. The number of carbonyl (C=O) groups excluding carboxylic acids is 1. The number of ketones is 1. The van der Waals surface area contributed by atoms with Gasteiger partial charge in [0.25, 0.3) is 0 Å². The molecule has 0 aromatic heterocycles. The van der Waals surface area contributed by atoms with Crippen molar-refractivity contribution < 1.29 is 14.6 Å². The van der Waals surface area contributed by atoms with Gasteiger partial charge in [0.1, 0.15) is 18.1 Å². The standard InChI is InChI=1S/C16H14O3/c1-2-11-19-15-10-6-4-8-13(15)16(18)12-7-3-5-9-14(12)17/h2-10,17H,1,11H2. The molecule has 0 unspecified atom stereocenters. The van der Waals surface area contributed by atoms with Gasteiger partial charge in [-0.05, 0) is 24.3 Å². The molecule has 0 amide bonds. The monoisotopic (exact) mass is 254 g/mol. The Morgan fingerprint density at radius 2 is 1.74 bits per heavy atom. The Kier molecular flexibility index (Phi) is 3.98. The maximum atomic E-state index is 12.4. The Hall–Kier alpha value is -2.55. The van der Waals surface area contributed by atoms with E-state index in [-0.39, 0.29) is 17.1 Å². The van der Waals surface area contributed by atoms with E-state index in [1.54, 1.807) is 48.5 Å². The zero-order chi connectivity index (χ0) is 13.7. The van der Waals surface area contributed by atoms with E-state index in [9.17, 15) is 9.90 Å². The van der Waals surface area contributed by atoms with Crippen molar-refractivity contribution in [3.8, 4) is 11.5 Å². The summed E-state index contributed by atoms with van der Waals surface area (Å²) in [5.41, 5.74) is 0.683. The average molecular weight is 254 g/mol.